The van der Waals surface area contributed by atoms with Gasteiger partial charge >= 0.3 is 0 Å². The van der Waals surface area contributed by atoms with Gasteiger partial charge in [-0.05, 0) is 50.5 Å². The van der Waals surface area contributed by atoms with E-state index in [1.807, 2.05) is 0 Å². The fourth-order valence-electron chi connectivity index (χ4n) is 3.53. The summed E-state index contributed by atoms with van der Waals surface area (Å²) in [7, 11) is 0. The van der Waals surface area contributed by atoms with Gasteiger partial charge in [0.05, 0.1) is 12.2 Å². The molecular formula is C15H29NO. The lowest BCUT2D eigenvalue weighted by Crippen LogP contribution is -2.39. The normalized spacial score (nSPS) is 36.0. The van der Waals surface area contributed by atoms with E-state index in [1.165, 1.54) is 57.8 Å². The molecule has 2 nitrogen and oxygen atoms in total. The summed E-state index contributed by atoms with van der Waals surface area (Å²) >= 11 is 0. The van der Waals surface area contributed by atoms with Crippen LogP contribution >= 0.6 is 0 Å². The zero-order valence-corrected chi connectivity index (χ0v) is 11.4. The van der Waals surface area contributed by atoms with Crippen molar-refractivity contribution in [2.24, 2.45) is 17.6 Å². The maximum Gasteiger partial charge on any atom is 0.0621 e. The molecule has 0 aromatic rings. The lowest BCUT2D eigenvalue weighted by Gasteiger charge is -2.38. The van der Waals surface area contributed by atoms with Crippen molar-refractivity contribution in [2.45, 2.75) is 76.9 Å². The Morgan fingerprint density at radius 1 is 1.06 bits per heavy atom. The minimum absolute atomic E-state index is 0.460. The van der Waals surface area contributed by atoms with Gasteiger partial charge in [0.1, 0.15) is 0 Å². The second kappa shape index (κ2) is 6.75. The van der Waals surface area contributed by atoms with E-state index in [4.69, 9.17) is 10.5 Å². The van der Waals surface area contributed by atoms with E-state index >= 15 is 0 Å². The van der Waals surface area contributed by atoms with Gasteiger partial charge in [0.2, 0.25) is 0 Å². The summed E-state index contributed by atoms with van der Waals surface area (Å²) in [5, 5.41) is 0. The summed E-state index contributed by atoms with van der Waals surface area (Å²) in [5.74, 6) is 1.51. The molecule has 2 fully saturated rings. The standard InChI is InChI=1S/C15H29NO/c1-2-12-8-9-13(11-16)15(10-12)17-14-6-4-3-5-7-14/h12-15H,2-11,16H2,1H3. The van der Waals surface area contributed by atoms with E-state index in [1.54, 1.807) is 0 Å². The third-order valence-corrected chi connectivity index (χ3v) is 4.84. The predicted octanol–water partition coefficient (Wildman–Crippen LogP) is 3.49. The minimum Gasteiger partial charge on any atom is -0.375 e. The van der Waals surface area contributed by atoms with Crippen LogP contribution in [0.3, 0.4) is 0 Å². The molecule has 0 bridgehead atoms. The van der Waals surface area contributed by atoms with Crippen LogP contribution in [0, 0.1) is 11.8 Å². The predicted molar refractivity (Wildman–Crippen MR) is 71.9 cm³/mol. The first-order valence-corrected chi connectivity index (χ1v) is 7.69. The summed E-state index contributed by atoms with van der Waals surface area (Å²) < 4.78 is 6.39. The molecule has 0 aromatic carbocycles. The average molecular weight is 239 g/mol. The van der Waals surface area contributed by atoms with Crippen LogP contribution in [0.2, 0.25) is 0 Å². The Labute approximate surface area is 106 Å². The van der Waals surface area contributed by atoms with E-state index in [2.05, 4.69) is 6.92 Å². The summed E-state index contributed by atoms with van der Waals surface area (Å²) in [6, 6.07) is 0. The van der Waals surface area contributed by atoms with Crippen LogP contribution in [-0.2, 0) is 4.74 Å². The molecule has 3 unspecified atom stereocenters. The zero-order valence-electron chi connectivity index (χ0n) is 11.4. The van der Waals surface area contributed by atoms with Crippen LogP contribution in [0.5, 0.6) is 0 Å². The lowest BCUT2D eigenvalue weighted by atomic mass is 9.78. The van der Waals surface area contributed by atoms with Crippen molar-refractivity contribution < 1.29 is 4.74 Å². The highest BCUT2D eigenvalue weighted by Crippen LogP contribution is 2.34. The molecule has 0 aliphatic heterocycles. The van der Waals surface area contributed by atoms with Gasteiger partial charge in [-0.3, -0.25) is 0 Å². The SMILES string of the molecule is CCC1CCC(CN)C(OC2CCCCC2)C1. The van der Waals surface area contributed by atoms with Crippen molar-refractivity contribution >= 4 is 0 Å². The third-order valence-electron chi connectivity index (χ3n) is 4.84. The van der Waals surface area contributed by atoms with Gasteiger partial charge in [-0.1, -0.05) is 32.6 Å². The van der Waals surface area contributed by atoms with E-state index in [9.17, 15) is 0 Å². The molecule has 0 amide bonds. The number of nitrogens with two attached hydrogens (primary N) is 1. The molecule has 3 atom stereocenters. The molecule has 0 radical (unpaired) electrons. The average Bonchev–Trinajstić information content (AvgIpc) is 2.40. The van der Waals surface area contributed by atoms with E-state index in [0.29, 0.717) is 18.1 Å². The third kappa shape index (κ3) is 3.69. The summed E-state index contributed by atoms with van der Waals surface area (Å²) in [5.41, 5.74) is 5.91. The first-order chi connectivity index (χ1) is 8.33. The van der Waals surface area contributed by atoms with Crippen molar-refractivity contribution in [3.05, 3.63) is 0 Å². The molecule has 2 N–H and O–H groups in total. The van der Waals surface area contributed by atoms with Crippen molar-refractivity contribution in [3.8, 4) is 0 Å². The molecule has 0 saturated heterocycles. The molecule has 2 saturated carbocycles. The van der Waals surface area contributed by atoms with Gasteiger partial charge in [-0.25, -0.2) is 0 Å². The van der Waals surface area contributed by atoms with Crippen molar-refractivity contribution in [1.82, 2.24) is 0 Å². The number of ether oxygens (including phenoxy) is 1. The number of rotatable bonds is 4. The van der Waals surface area contributed by atoms with Crippen molar-refractivity contribution in [1.29, 1.82) is 0 Å². The van der Waals surface area contributed by atoms with Gasteiger partial charge in [0.25, 0.3) is 0 Å². The molecule has 2 aliphatic carbocycles. The molecule has 2 heteroatoms. The minimum atomic E-state index is 0.460. The number of hydrogen-bond acceptors (Lipinski definition) is 2. The maximum atomic E-state index is 6.39. The molecule has 0 spiro atoms. The smallest absolute Gasteiger partial charge is 0.0621 e. The Balaban J connectivity index is 1.85. The first-order valence-electron chi connectivity index (χ1n) is 7.69. The largest absolute Gasteiger partial charge is 0.375 e. The lowest BCUT2D eigenvalue weighted by molar-refractivity contribution is -0.0803. The van der Waals surface area contributed by atoms with Crippen LogP contribution in [0.4, 0.5) is 0 Å². The van der Waals surface area contributed by atoms with Crippen LogP contribution in [0.25, 0.3) is 0 Å². The van der Waals surface area contributed by atoms with E-state index < -0.39 is 0 Å². The fourth-order valence-corrected chi connectivity index (χ4v) is 3.53. The van der Waals surface area contributed by atoms with Gasteiger partial charge < -0.3 is 10.5 Å². The van der Waals surface area contributed by atoms with Crippen LogP contribution < -0.4 is 5.73 Å². The summed E-state index contributed by atoms with van der Waals surface area (Å²) in [6.07, 6.45) is 12.9. The monoisotopic (exact) mass is 239 g/mol. The Morgan fingerprint density at radius 3 is 2.47 bits per heavy atom. The van der Waals surface area contributed by atoms with Crippen molar-refractivity contribution in [3.63, 3.8) is 0 Å². The van der Waals surface area contributed by atoms with Gasteiger partial charge in [-0.2, -0.15) is 0 Å². The highest BCUT2D eigenvalue weighted by Gasteiger charge is 2.31. The Morgan fingerprint density at radius 2 is 1.82 bits per heavy atom. The fraction of sp³-hybridized carbons (Fsp3) is 1.00. The molecule has 0 aromatic heterocycles. The highest BCUT2D eigenvalue weighted by atomic mass is 16.5. The van der Waals surface area contributed by atoms with Crippen LogP contribution in [0.15, 0.2) is 0 Å². The van der Waals surface area contributed by atoms with E-state index in [0.717, 1.165) is 12.5 Å². The van der Waals surface area contributed by atoms with Gasteiger partial charge in [0.15, 0.2) is 0 Å². The van der Waals surface area contributed by atoms with E-state index in [-0.39, 0.29) is 0 Å². The van der Waals surface area contributed by atoms with Gasteiger partial charge in [0, 0.05) is 0 Å². The molecule has 2 aliphatic rings. The number of hydrogen-bond donors (Lipinski definition) is 1. The molecule has 17 heavy (non-hydrogen) atoms. The Hall–Kier alpha value is -0.0800. The Kier molecular flexibility index (Phi) is 5.30. The maximum absolute atomic E-state index is 6.39. The highest BCUT2D eigenvalue weighted by molar-refractivity contribution is 4.82. The topological polar surface area (TPSA) is 35.2 Å². The molecule has 0 heterocycles. The van der Waals surface area contributed by atoms with Crippen LogP contribution in [-0.4, -0.2) is 18.8 Å². The van der Waals surface area contributed by atoms with Gasteiger partial charge in [-0.15, -0.1) is 0 Å². The quantitative estimate of drug-likeness (QED) is 0.815. The molecule has 100 valence electrons. The Bertz CT molecular complexity index is 213. The first kappa shape index (κ1) is 13.4. The molecular weight excluding hydrogens is 210 g/mol. The summed E-state index contributed by atoms with van der Waals surface area (Å²) in [6.45, 7) is 3.12. The van der Waals surface area contributed by atoms with Crippen molar-refractivity contribution in [2.75, 3.05) is 6.54 Å². The molecule has 2 rings (SSSR count). The second-order valence-electron chi connectivity index (χ2n) is 6.02. The summed E-state index contributed by atoms with van der Waals surface area (Å²) in [4.78, 5) is 0. The zero-order chi connectivity index (χ0) is 12.1. The van der Waals surface area contributed by atoms with Crippen LogP contribution in [0.1, 0.15) is 64.7 Å². The second-order valence-corrected chi connectivity index (χ2v) is 6.02.